The monoisotopic (exact) mass is 383 g/mol. The van der Waals surface area contributed by atoms with E-state index in [2.05, 4.69) is 0 Å². The van der Waals surface area contributed by atoms with Gasteiger partial charge in [-0.05, 0) is 18.2 Å². The highest BCUT2D eigenvalue weighted by Gasteiger charge is 2.48. The molecular formula is C10H7Cl6NO2. The Morgan fingerprint density at radius 3 is 2.16 bits per heavy atom. The van der Waals surface area contributed by atoms with Crippen molar-refractivity contribution in [3.8, 4) is 5.75 Å². The summed E-state index contributed by atoms with van der Waals surface area (Å²) >= 11 is 34.9. The molecule has 2 rings (SSSR count). The molecule has 0 bridgehead atoms. The van der Waals surface area contributed by atoms with Crippen LogP contribution < -0.4 is 10.5 Å². The Labute approximate surface area is 139 Å². The average Bonchev–Trinajstić information content (AvgIpc) is 2.24. The molecule has 0 aliphatic carbocycles. The first-order valence-electron chi connectivity index (χ1n) is 4.94. The zero-order valence-corrected chi connectivity index (χ0v) is 13.6. The molecule has 1 aliphatic heterocycles. The van der Waals surface area contributed by atoms with Crippen LogP contribution in [0.15, 0.2) is 18.2 Å². The molecule has 0 fully saturated rings. The van der Waals surface area contributed by atoms with Crippen LogP contribution in [0, 0.1) is 0 Å². The predicted molar refractivity (Wildman–Crippen MR) is 79.7 cm³/mol. The Bertz CT molecular complexity index is 484. The molecule has 1 aromatic rings. The average molecular weight is 386 g/mol. The fourth-order valence-electron chi connectivity index (χ4n) is 1.62. The molecule has 1 aliphatic rings. The van der Waals surface area contributed by atoms with E-state index in [1.165, 1.54) is 0 Å². The van der Waals surface area contributed by atoms with Gasteiger partial charge in [-0.2, -0.15) is 0 Å². The van der Waals surface area contributed by atoms with Crippen molar-refractivity contribution in [1.82, 2.24) is 0 Å². The van der Waals surface area contributed by atoms with Crippen LogP contribution in [0.25, 0.3) is 0 Å². The van der Waals surface area contributed by atoms with Gasteiger partial charge in [0.15, 0.2) is 0 Å². The number of alkyl halides is 6. The molecule has 1 heterocycles. The normalized spacial score (nSPS) is 23.7. The summed E-state index contributed by atoms with van der Waals surface area (Å²) in [6.45, 7) is 0. The molecule has 0 saturated carbocycles. The van der Waals surface area contributed by atoms with Gasteiger partial charge in [0.1, 0.15) is 11.9 Å². The number of hydrogen-bond donors (Lipinski definition) is 1. The maximum absolute atomic E-state index is 5.89. The molecule has 2 N–H and O–H groups in total. The molecule has 106 valence electrons. The van der Waals surface area contributed by atoms with Crippen LogP contribution in [0.3, 0.4) is 0 Å². The Morgan fingerprint density at radius 2 is 1.63 bits per heavy atom. The van der Waals surface area contributed by atoms with Gasteiger partial charge in [-0.25, -0.2) is 0 Å². The van der Waals surface area contributed by atoms with Crippen molar-refractivity contribution < 1.29 is 9.47 Å². The zero-order valence-electron chi connectivity index (χ0n) is 9.05. The summed E-state index contributed by atoms with van der Waals surface area (Å²) in [5.74, 6) is 0.383. The van der Waals surface area contributed by atoms with Crippen molar-refractivity contribution in [2.45, 2.75) is 20.0 Å². The van der Waals surface area contributed by atoms with E-state index in [0.717, 1.165) is 0 Å². The zero-order chi connectivity index (χ0) is 14.4. The summed E-state index contributed by atoms with van der Waals surface area (Å²) in [7, 11) is 0. The standard InChI is InChI=1S/C10H7Cl6NO2/c11-9(12,13)7-5-3-4(17)1-2-6(5)18-8(19-7)10(14,15)16/h1-3,7-8H,17H2/t7-,8+/m1/s1. The van der Waals surface area contributed by atoms with Crippen LogP contribution in [0.1, 0.15) is 11.7 Å². The smallest absolute Gasteiger partial charge is 0.252 e. The molecule has 0 spiro atoms. The second kappa shape index (κ2) is 5.38. The summed E-state index contributed by atoms with van der Waals surface area (Å²) < 4.78 is 7.26. The largest absolute Gasteiger partial charge is 0.460 e. The molecule has 0 radical (unpaired) electrons. The van der Waals surface area contributed by atoms with Gasteiger partial charge in [0.2, 0.25) is 10.1 Å². The third-order valence-electron chi connectivity index (χ3n) is 2.37. The van der Waals surface area contributed by atoms with E-state index in [1.54, 1.807) is 18.2 Å². The van der Waals surface area contributed by atoms with Crippen LogP contribution >= 0.6 is 69.6 Å². The minimum absolute atomic E-state index is 0.383. The lowest BCUT2D eigenvalue weighted by Gasteiger charge is -2.38. The third-order valence-corrected chi connectivity index (χ3v) is 3.50. The third kappa shape index (κ3) is 3.59. The molecule has 0 aromatic heterocycles. The van der Waals surface area contributed by atoms with Crippen LogP contribution in [0.2, 0.25) is 0 Å². The lowest BCUT2D eigenvalue weighted by Crippen LogP contribution is -2.42. The van der Waals surface area contributed by atoms with Crippen molar-refractivity contribution in [2.75, 3.05) is 5.73 Å². The number of nitrogen functional groups attached to an aromatic ring is 1. The van der Waals surface area contributed by atoms with Gasteiger partial charge < -0.3 is 15.2 Å². The molecule has 3 nitrogen and oxygen atoms in total. The van der Waals surface area contributed by atoms with E-state index < -0.39 is 20.0 Å². The van der Waals surface area contributed by atoms with Crippen molar-refractivity contribution in [3.05, 3.63) is 23.8 Å². The number of halogens is 6. The van der Waals surface area contributed by atoms with Gasteiger partial charge in [-0.1, -0.05) is 69.6 Å². The first-order chi connectivity index (χ1) is 8.59. The van der Waals surface area contributed by atoms with Crippen LogP contribution in [-0.2, 0) is 4.74 Å². The minimum Gasteiger partial charge on any atom is -0.460 e. The number of fused-ring (bicyclic) bond motifs is 1. The summed E-state index contributed by atoms with van der Waals surface area (Å²) in [4.78, 5) is 0. The fourth-order valence-corrected chi connectivity index (χ4v) is 2.41. The number of hydrogen-bond acceptors (Lipinski definition) is 3. The molecule has 2 atom stereocenters. The van der Waals surface area contributed by atoms with E-state index in [1.807, 2.05) is 0 Å². The second-order valence-corrected chi connectivity index (χ2v) is 8.58. The first kappa shape index (κ1) is 15.9. The van der Waals surface area contributed by atoms with E-state index in [4.69, 9.17) is 84.8 Å². The van der Waals surface area contributed by atoms with Crippen LogP contribution in [0.5, 0.6) is 5.75 Å². The maximum Gasteiger partial charge on any atom is 0.252 e. The number of benzene rings is 1. The lowest BCUT2D eigenvalue weighted by atomic mass is 10.1. The van der Waals surface area contributed by atoms with Crippen molar-refractivity contribution in [3.63, 3.8) is 0 Å². The molecule has 9 heteroatoms. The second-order valence-electron chi connectivity index (χ2n) is 3.85. The highest BCUT2D eigenvalue weighted by atomic mass is 35.6. The number of nitrogens with two attached hydrogens (primary N) is 1. The van der Waals surface area contributed by atoms with Gasteiger partial charge in [0, 0.05) is 11.3 Å². The predicted octanol–water partition coefficient (Wildman–Crippen LogP) is 4.79. The van der Waals surface area contributed by atoms with E-state index in [0.29, 0.717) is 17.0 Å². The van der Waals surface area contributed by atoms with Crippen LogP contribution in [0.4, 0.5) is 5.69 Å². The summed E-state index contributed by atoms with van der Waals surface area (Å²) in [6, 6.07) is 4.80. The highest BCUT2D eigenvalue weighted by molar-refractivity contribution is 6.68. The first-order valence-corrected chi connectivity index (χ1v) is 7.21. The summed E-state index contributed by atoms with van der Waals surface area (Å²) in [5, 5.41) is 0. The van der Waals surface area contributed by atoms with Gasteiger partial charge in [-0.15, -0.1) is 0 Å². The topological polar surface area (TPSA) is 44.5 Å². The van der Waals surface area contributed by atoms with E-state index >= 15 is 0 Å². The number of rotatable bonds is 0. The lowest BCUT2D eigenvalue weighted by molar-refractivity contribution is -0.136. The molecule has 0 amide bonds. The Balaban J connectivity index is 2.47. The summed E-state index contributed by atoms with van der Waals surface area (Å²) in [6.07, 6.45) is -2.17. The fraction of sp³-hybridized carbons (Fsp3) is 0.400. The van der Waals surface area contributed by atoms with Crippen LogP contribution in [-0.4, -0.2) is 13.9 Å². The number of anilines is 1. The van der Waals surface area contributed by atoms with Crippen molar-refractivity contribution >= 4 is 75.3 Å². The van der Waals surface area contributed by atoms with E-state index in [9.17, 15) is 0 Å². The van der Waals surface area contributed by atoms with Gasteiger partial charge in [0.05, 0.1) is 0 Å². The van der Waals surface area contributed by atoms with Crippen molar-refractivity contribution in [1.29, 1.82) is 0 Å². The highest BCUT2D eigenvalue weighted by Crippen LogP contribution is 2.51. The minimum atomic E-state index is -1.83. The summed E-state index contributed by atoms with van der Waals surface area (Å²) in [5.41, 5.74) is 6.64. The quantitative estimate of drug-likeness (QED) is 0.516. The Morgan fingerprint density at radius 1 is 1.00 bits per heavy atom. The van der Waals surface area contributed by atoms with Gasteiger partial charge >= 0.3 is 0 Å². The maximum atomic E-state index is 5.89. The van der Waals surface area contributed by atoms with E-state index in [-0.39, 0.29) is 0 Å². The van der Waals surface area contributed by atoms with Gasteiger partial charge in [0.25, 0.3) is 3.79 Å². The van der Waals surface area contributed by atoms with Gasteiger partial charge in [-0.3, -0.25) is 0 Å². The molecule has 0 unspecified atom stereocenters. The van der Waals surface area contributed by atoms with Crippen molar-refractivity contribution in [2.24, 2.45) is 0 Å². The number of ether oxygens (including phenoxy) is 2. The Kier molecular flexibility index (Phi) is 4.50. The Hall–Kier alpha value is 0.520. The SMILES string of the molecule is Nc1ccc2c(c1)[C@H](C(Cl)(Cl)Cl)O[C@@H](C(Cl)(Cl)Cl)O2. The molecule has 1 aromatic carbocycles. The molecule has 0 saturated heterocycles. The molecule has 19 heavy (non-hydrogen) atoms. The molecular weight excluding hydrogens is 379 g/mol.